The zero-order valence-electron chi connectivity index (χ0n) is 12.4. The Balaban J connectivity index is 1.68. The molecule has 0 aliphatic heterocycles. The first-order chi connectivity index (χ1) is 9.13. The lowest BCUT2D eigenvalue weighted by Gasteiger charge is -2.26. The van der Waals surface area contributed by atoms with Crippen molar-refractivity contribution >= 4 is 5.91 Å². The zero-order chi connectivity index (χ0) is 13.7. The lowest BCUT2D eigenvalue weighted by molar-refractivity contribution is -0.123. The molecule has 2 atom stereocenters. The van der Waals surface area contributed by atoms with Gasteiger partial charge in [-0.05, 0) is 56.8 Å². The molecule has 0 radical (unpaired) electrons. The van der Waals surface area contributed by atoms with E-state index in [1.54, 1.807) is 0 Å². The van der Waals surface area contributed by atoms with Crippen LogP contribution in [0.4, 0.5) is 0 Å². The third-order valence-electron chi connectivity index (χ3n) is 4.99. The van der Waals surface area contributed by atoms with Gasteiger partial charge in [-0.25, -0.2) is 0 Å². The first-order valence-corrected chi connectivity index (χ1v) is 8.18. The van der Waals surface area contributed by atoms with E-state index < -0.39 is 0 Å². The van der Waals surface area contributed by atoms with Crippen LogP contribution in [-0.4, -0.2) is 18.0 Å². The monoisotopic (exact) mass is 266 g/mol. The SMILES string of the molecule is CC1CCCC(NC(=O)CC2CCC(N)CC2)CC1. The predicted molar refractivity (Wildman–Crippen MR) is 78.7 cm³/mol. The fourth-order valence-corrected chi connectivity index (χ4v) is 3.57. The van der Waals surface area contributed by atoms with Gasteiger partial charge < -0.3 is 11.1 Å². The first kappa shape index (κ1) is 14.8. The summed E-state index contributed by atoms with van der Waals surface area (Å²) in [6, 6.07) is 0.811. The van der Waals surface area contributed by atoms with E-state index in [0.29, 0.717) is 18.0 Å². The van der Waals surface area contributed by atoms with Gasteiger partial charge in [-0.2, -0.15) is 0 Å². The van der Waals surface area contributed by atoms with Crippen LogP contribution < -0.4 is 11.1 Å². The summed E-state index contributed by atoms with van der Waals surface area (Å²) in [6.07, 6.45) is 11.4. The van der Waals surface area contributed by atoms with Crippen molar-refractivity contribution in [2.75, 3.05) is 0 Å². The van der Waals surface area contributed by atoms with Gasteiger partial charge in [0, 0.05) is 18.5 Å². The van der Waals surface area contributed by atoms with Gasteiger partial charge in [0.2, 0.25) is 5.91 Å². The molecule has 1 amide bonds. The molecule has 0 bridgehead atoms. The molecule has 0 saturated heterocycles. The highest BCUT2D eigenvalue weighted by molar-refractivity contribution is 5.76. The summed E-state index contributed by atoms with van der Waals surface area (Å²) in [4.78, 5) is 12.1. The molecule has 2 aliphatic rings. The summed E-state index contributed by atoms with van der Waals surface area (Å²) < 4.78 is 0. The van der Waals surface area contributed by atoms with Gasteiger partial charge in [-0.1, -0.05) is 19.8 Å². The minimum atomic E-state index is 0.278. The summed E-state index contributed by atoms with van der Waals surface area (Å²) >= 11 is 0. The molecule has 0 aromatic rings. The fraction of sp³-hybridized carbons (Fsp3) is 0.938. The smallest absolute Gasteiger partial charge is 0.220 e. The number of nitrogens with two attached hydrogens (primary N) is 1. The molecule has 2 saturated carbocycles. The second kappa shape index (κ2) is 7.28. The van der Waals surface area contributed by atoms with Crippen LogP contribution in [0.2, 0.25) is 0 Å². The van der Waals surface area contributed by atoms with Crippen LogP contribution in [0.25, 0.3) is 0 Å². The molecule has 2 unspecified atom stereocenters. The van der Waals surface area contributed by atoms with E-state index in [0.717, 1.165) is 38.0 Å². The van der Waals surface area contributed by atoms with Crippen molar-refractivity contribution < 1.29 is 4.79 Å². The summed E-state index contributed by atoms with van der Waals surface area (Å²) in [5.41, 5.74) is 5.91. The Hall–Kier alpha value is -0.570. The number of rotatable bonds is 3. The third kappa shape index (κ3) is 5.13. The molecule has 2 fully saturated rings. The Morgan fingerprint density at radius 1 is 1.05 bits per heavy atom. The van der Waals surface area contributed by atoms with E-state index in [-0.39, 0.29) is 5.91 Å². The van der Waals surface area contributed by atoms with Crippen LogP contribution in [0, 0.1) is 11.8 Å². The van der Waals surface area contributed by atoms with Crippen molar-refractivity contribution in [2.45, 2.75) is 83.2 Å². The standard InChI is InChI=1S/C16H30N2O/c1-12-3-2-4-15(10-5-12)18-16(19)11-13-6-8-14(17)9-7-13/h12-15H,2-11,17H2,1H3,(H,18,19). The molecule has 110 valence electrons. The van der Waals surface area contributed by atoms with Crippen molar-refractivity contribution in [3.05, 3.63) is 0 Å². The molecule has 0 aromatic carbocycles. The van der Waals surface area contributed by atoms with Crippen LogP contribution in [0.1, 0.15) is 71.1 Å². The number of carbonyl (C=O) groups is 1. The van der Waals surface area contributed by atoms with Crippen LogP contribution in [0.3, 0.4) is 0 Å². The maximum absolute atomic E-state index is 12.1. The fourth-order valence-electron chi connectivity index (χ4n) is 3.57. The summed E-state index contributed by atoms with van der Waals surface area (Å²) in [6.45, 7) is 2.33. The van der Waals surface area contributed by atoms with Gasteiger partial charge in [0.25, 0.3) is 0 Å². The highest BCUT2D eigenvalue weighted by atomic mass is 16.1. The molecular formula is C16H30N2O. The summed E-state index contributed by atoms with van der Waals surface area (Å²) in [5, 5.41) is 3.27. The van der Waals surface area contributed by atoms with E-state index in [2.05, 4.69) is 12.2 Å². The zero-order valence-corrected chi connectivity index (χ0v) is 12.4. The van der Waals surface area contributed by atoms with Gasteiger partial charge in [-0.3, -0.25) is 4.79 Å². The Bertz CT molecular complexity index is 284. The number of hydrogen-bond acceptors (Lipinski definition) is 2. The van der Waals surface area contributed by atoms with Crippen molar-refractivity contribution in [1.82, 2.24) is 5.32 Å². The minimum Gasteiger partial charge on any atom is -0.353 e. The number of carbonyl (C=O) groups excluding carboxylic acids is 1. The molecule has 3 N–H and O–H groups in total. The maximum atomic E-state index is 12.1. The van der Waals surface area contributed by atoms with Gasteiger partial charge >= 0.3 is 0 Å². The topological polar surface area (TPSA) is 55.1 Å². The third-order valence-corrected chi connectivity index (χ3v) is 4.99. The molecule has 0 spiro atoms. The minimum absolute atomic E-state index is 0.278. The van der Waals surface area contributed by atoms with Crippen LogP contribution in [0.5, 0.6) is 0 Å². The molecular weight excluding hydrogens is 236 g/mol. The van der Waals surface area contributed by atoms with Crippen molar-refractivity contribution in [2.24, 2.45) is 17.6 Å². The lowest BCUT2D eigenvalue weighted by Crippen LogP contribution is -2.36. The Labute approximate surface area is 117 Å². The number of nitrogens with one attached hydrogen (secondary N) is 1. The van der Waals surface area contributed by atoms with Crippen LogP contribution in [-0.2, 0) is 4.79 Å². The first-order valence-electron chi connectivity index (χ1n) is 8.18. The molecule has 2 aliphatic carbocycles. The van der Waals surface area contributed by atoms with E-state index in [1.807, 2.05) is 0 Å². The average molecular weight is 266 g/mol. The number of hydrogen-bond donors (Lipinski definition) is 2. The van der Waals surface area contributed by atoms with Crippen molar-refractivity contribution in [3.63, 3.8) is 0 Å². The summed E-state index contributed by atoms with van der Waals surface area (Å²) in [5.74, 6) is 1.69. The Kier molecular flexibility index (Phi) is 5.68. The second-order valence-electron chi connectivity index (χ2n) is 6.86. The molecule has 0 aromatic heterocycles. The summed E-state index contributed by atoms with van der Waals surface area (Å²) in [7, 11) is 0. The van der Waals surface area contributed by atoms with Gasteiger partial charge in [0.15, 0.2) is 0 Å². The largest absolute Gasteiger partial charge is 0.353 e. The van der Waals surface area contributed by atoms with E-state index in [4.69, 9.17) is 5.73 Å². The quantitative estimate of drug-likeness (QED) is 0.772. The molecule has 0 heterocycles. The Morgan fingerprint density at radius 3 is 2.53 bits per heavy atom. The normalized spacial score (nSPS) is 36.5. The van der Waals surface area contributed by atoms with E-state index in [1.165, 1.54) is 32.1 Å². The molecule has 3 heteroatoms. The molecule has 2 rings (SSSR count). The Morgan fingerprint density at radius 2 is 1.79 bits per heavy atom. The van der Waals surface area contributed by atoms with Crippen molar-refractivity contribution in [1.29, 1.82) is 0 Å². The van der Waals surface area contributed by atoms with Crippen LogP contribution in [0.15, 0.2) is 0 Å². The second-order valence-corrected chi connectivity index (χ2v) is 6.86. The van der Waals surface area contributed by atoms with E-state index in [9.17, 15) is 4.79 Å². The highest BCUT2D eigenvalue weighted by Gasteiger charge is 2.23. The van der Waals surface area contributed by atoms with Crippen molar-refractivity contribution in [3.8, 4) is 0 Å². The highest BCUT2D eigenvalue weighted by Crippen LogP contribution is 2.26. The maximum Gasteiger partial charge on any atom is 0.220 e. The van der Waals surface area contributed by atoms with Crippen LogP contribution >= 0.6 is 0 Å². The number of amides is 1. The van der Waals surface area contributed by atoms with Gasteiger partial charge in [0.1, 0.15) is 0 Å². The molecule has 19 heavy (non-hydrogen) atoms. The van der Waals surface area contributed by atoms with Gasteiger partial charge in [-0.15, -0.1) is 0 Å². The molecule has 3 nitrogen and oxygen atoms in total. The average Bonchev–Trinajstić information content (AvgIpc) is 2.57. The van der Waals surface area contributed by atoms with Gasteiger partial charge in [0.05, 0.1) is 0 Å². The predicted octanol–water partition coefficient (Wildman–Crippen LogP) is 2.98. The van der Waals surface area contributed by atoms with E-state index >= 15 is 0 Å². The lowest BCUT2D eigenvalue weighted by atomic mass is 9.84.